The zero-order valence-electron chi connectivity index (χ0n) is 16.4. The highest BCUT2D eigenvalue weighted by Gasteiger charge is 2.43. The van der Waals surface area contributed by atoms with Gasteiger partial charge < -0.3 is 24.5 Å². The number of carbonyl (C=O) groups excluding carboxylic acids is 1. The summed E-state index contributed by atoms with van der Waals surface area (Å²) in [6, 6.07) is 11.4. The van der Waals surface area contributed by atoms with Gasteiger partial charge >= 0.3 is 5.97 Å². The van der Waals surface area contributed by atoms with Gasteiger partial charge in [-0.05, 0) is 29.8 Å². The highest BCUT2D eigenvalue weighted by molar-refractivity contribution is 5.90. The number of nitrogens with one attached hydrogen (secondary N) is 1. The predicted octanol–water partition coefficient (Wildman–Crippen LogP) is 3.13. The quantitative estimate of drug-likeness (QED) is 0.709. The van der Waals surface area contributed by atoms with Gasteiger partial charge in [-0.1, -0.05) is 18.2 Å². The molecule has 1 amide bonds. The molecule has 1 aliphatic rings. The van der Waals surface area contributed by atoms with Gasteiger partial charge in [-0.3, -0.25) is 4.79 Å². The molecule has 1 aromatic heterocycles. The monoisotopic (exact) mass is 394 g/mol. The molecule has 2 N–H and O–H groups in total. The number of hydrogen-bond donors (Lipinski definition) is 2. The molecule has 150 valence electrons. The first-order valence-electron chi connectivity index (χ1n) is 9.29. The summed E-state index contributed by atoms with van der Waals surface area (Å²) < 4.78 is 10.9. The van der Waals surface area contributed by atoms with E-state index in [9.17, 15) is 14.7 Å². The highest BCUT2D eigenvalue weighted by atomic mass is 16.5. The number of carboxylic acid groups (broad SMARTS) is 1. The Bertz CT molecular complexity index is 1100. The molecule has 7 nitrogen and oxygen atoms in total. The Kier molecular flexibility index (Phi) is 4.66. The van der Waals surface area contributed by atoms with Crippen LogP contribution in [0.5, 0.6) is 11.5 Å². The SMILES string of the molecule is COc1ccc(OC)c(C2c3[nH]c4ccccc4c3CC(C(=O)O)N2C(C)=O)c1. The summed E-state index contributed by atoms with van der Waals surface area (Å²) in [5.41, 5.74) is 3.27. The van der Waals surface area contributed by atoms with E-state index < -0.39 is 18.1 Å². The number of aliphatic carboxylic acids is 1. The van der Waals surface area contributed by atoms with Crippen LogP contribution >= 0.6 is 0 Å². The lowest BCUT2D eigenvalue weighted by Gasteiger charge is -2.40. The molecule has 0 spiro atoms. The molecule has 0 fully saturated rings. The minimum absolute atomic E-state index is 0.233. The number of methoxy groups -OCH3 is 2. The van der Waals surface area contributed by atoms with Crippen molar-refractivity contribution in [3.05, 3.63) is 59.3 Å². The number of nitrogens with zero attached hydrogens (tertiary/aromatic N) is 1. The number of carbonyl (C=O) groups is 2. The van der Waals surface area contributed by atoms with Gasteiger partial charge in [0.2, 0.25) is 5.91 Å². The van der Waals surface area contributed by atoms with Crippen molar-refractivity contribution in [1.29, 1.82) is 0 Å². The van der Waals surface area contributed by atoms with Crippen LogP contribution in [0.2, 0.25) is 0 Å². The second-order valence-electron chi connectivity index (χ2n) is 7.06. The fourth-order valence-electron chi connectivity index (χ4n) is 4.25. The summed E-state index contributed by atoms with van der Waals surface area (Å²) in [6.45, 7) is 1.39. The smallest absolute Gasteiger partial charge is 0.326 e. The Morgan fingerprint density at radius 2 is 1.90 bits per heavy atom. The van der Waals surface area contributed by atoms with E-state index in [-0.39, 0.29) is 12.3 Å². The van der Waals surface area contributed by atoms with Crippen molar-refractivity contribution in [2.45, 2.75) is 25.4 Å². The number of carboxylic acids is 1. The molecular weight excluding hydrogens is 372 g/mol. The van der Waals surface area contributed by atoms with Crippen LogP contribution in [0.3, 0.4) is 0 Å². The summed E-state index contributed by atoms with van der Waals surface area (Å²) in [5, 5.41) is 10.9. The topological polar surface area (TPSA) is 91.9 Å². The van der Waals surface area contributed by atoms with Crippen molar-refractivity contribution in [3.63, 3.8) is 0 Å². The number of hydrogen-bond acceptors (Lipinski definition) is 4. The minimum Gasteiger partial charge on any atom is -0.497 e. The van der Waals surface area contributed by atoms with E-state index >= 15 is 0 Å². The molecular formula is C22H22N2O5. The van der Waals surface area contributed by atoms with Crippen molar-refractivity contribution >= 4 is 22.8 Å². The van der Waals surface area contributed by atoms with Gasteiger partial charge in [0.25, 0.3) is 0 Å². The lowest BCUT2D eigenvalue weighted by molar-refractivity contribution is -0.151. The molecule has 29 heavy (non-hydrogen) atoms. The zero-order chi connectivity index (χ0) is 20.7. The first-order valence-corrected chi connectivity index (χ1v) is 9.29. The molecule has 1 aliphatic heterocycles. The van der Waals surface area contributed by atoms with E-state index in [1.54, 1.807) is 32.4 Å². The number of aromatic nitrogens is 1. The number of ether oxygens (including phenoxy) is 2. The van der Waals surface area contributed by atoms with Gasteiger partial charge in [0, 0.05) is 35.5 Å². The lowest BCUT2D eigenvalue weighted by Crippen LogP contribution is -2.50. The fraction of sp³-hybridized carbons (Fsp3) is 0.273. The molecule has 0 bridgehead atoms. The molecule has 2 heterocycles. The van der Waals surface area contributed by atoms with Crippen molar-refractivity contribution in [2.75, 3.05) is 14.2 Å². The number of H-pyrrole nitrogens is 1. The predicted molar refractivity (Wildman–Crippen MR) is 107 cm³/mol. The van der Waals surface area contributed by atoms with E-state index in [0.717, 1.165) is 22.2 Å². The van der Waals surface area contributed by atoms with Crippen LogP contribution in [-0.2, 0) is 16.0 Å². The summed E-state index contributed by atoms with van der Waals surface area (Å²) in [7, 11) is 3.11. The number of para-hydroxylation sites is 1. The van der Waals surface area contributed by atoms with E-state index in [4.69, 9.17) is 9.47 Å². The first kappa shape index (κ1) is 18.9. The summed E-state index contributed by atoms with van der Waals surface area (Å²) >= 11 is 0. The first-order chi connectivity index (χ1) is 14.0. The van der Waals surface area contributed by atoms with Crippen LogP contribution in [0.4, 0.5) is 0 Å². The van der Waals surface area contributed by atoms with Crippen LogP contribution in [0.15, 0.2) is 42.5 Å². The van der Waals surface area contributed by atoms with E-state index in [0.29, 0.717) is 17.1 Å². The number of aromatic amines is 1. The minimum atomic E-state index is -1.04. The maximum atomic E-state index is 12.7. The maximum absolute atomic E-state index is 12.7. The van der Waals surface area contributed by atoms with Crippen LogP contribution in [-0.4, -0.2) is 47.1 Å². The molecule has 4 rings (SSSR count). The molecule has 0 saturated carbocycles. The fourth-order valence-corrected chi connectivity index (χ4v) is 4.25. The maximum Gasteiger partial charge on any atom is 0.326 e. The van der Waals surface area contributed by atoms with Crippen LogP contribution in [0.25, 0.3) is 10.9 Å². The summed E-state index contributed by atoms with van der Waals surface area (Å²) in [5.74, 6) is -0.211. The number of benzene rings is 2. The lowest BCUT2D eigenvalue weighted by atomic mass is 9.87. The molecule has 2 unspecified atom stereocenters. The van der Waals surface area contributed by atoms with Gasteiger partial charge in [-0.2, -0.15) is 0 Å². The Labute approximate surface area is 167 Å². The van der Waals surface area contributed by atoms with Crippen molar-refractivity contribution < 1.29 is 24.2 Å². The molecule has 7 heteroatoms. The highest BCUT2D eigenvalue weighted by Crippen LogP contribution is 2.44. The second kappa shape index (κ2) is 7.16. The van der Waals surface area contributed by atoms with Crippen LogP contribution in [0, 0.1) is 0 Å². The third-order valence-electron chi connectivity index (χ3n) is 5.51. The van der Waals surface area contributed by atoms with Crippen molar-refractivity contribution in [2.24, 2.45) is 0 Å². The van der Waals surface area contributed by atoms with Crippen LogP contribution < -0.4 is 9.47 Å². The molecule has 2 aromatic carbocycles. The average Bonchev–Trinajstić information content (AvgIpc) is 3.10. The van der Waals surface area contributed by atoms with Crippen molar-refractivity contribution in [1.82, 2.24) is 9.88 Å². The average molecular weight is 394 g/mol. The molecule has 0 saturated heterocycles. The Balaban J connectivity index is 2.04. The third kappa shape index (κ3) is 2.99. The van der Waals surface area contributed by atoms with E-state index in [1.807, 2.05) is 24.3 Å². The van der Waals surface area contributed by atoms with Gasteiger partial charge in [0.05, 0.1) is 14.2 Å². The van der Waals surface area contributed by atoms with E-state index in [1.165, 1.54) is 11.8 Å². The van der Waals surface area contributed by atoms with Gasteiger partial charge in [0.15, 0.2) is 0 Å². The van der Waals surface area contributed by atoms with Crippen LogP contribution in [0.1, 0.15) is 29.8 Å². The molecule has 0 radical (unpaired) electrons. The number of rotatable bonds is 4. The Morgan fingerprint density at radius 1 is 1.14 bits per heavy atom. The molecule has 0 aliphatic carbocycles. The Morgan fingerprint density at radius 3 is 2.55 bits per heavy atom. The van der Waals surface area contributed by atoms with Gasteiger partial charge in [-0.15, -0.1) is 0 Å². The van der Waals surface area contributed by atoms with Gasteiger partial charge in [-0.25, -0.2) is 4.79 Å². The standard InChI is InChI=1S/C22H22N2O5/c1-12(25)24-18(22(26)27)11-15-14-6-4-5-7-17(14)23-20(15)21(24)16-10-13(28-2)8-9-19(16)29-3/h4-10,18,21,23H,11H2,1-3H3,(H,26,27). The third-order valence-corrected chi connectivity index (χ3v) is 5.51. The van der Waals surface area contributed by atoms with Crippen molar-refractivity contribution in [3.8, 4) is 11.5 Å². The molecule has 3 aromatic rings. The van der Waals surface area contributed by atoms with E-state index in [2.05, 4.69) is 4.98 Å². The molecule has 2 atom stereocenters. The summed E-state index contributed by atoms with van der Waals surface area (Å²) in [6.07, 6.45) is 0.233. The number of amides is 1. The normalized spacial score (nSPS) is 18.4. The number of fused-ring (bicyclic) bond motifs is 3. The Hall–Kier alpha value is -3.48. The largest absolute Gasteiger partial charge is 0.497 e. The van der Waals surface area contributed by atoms with Gasteiger partial charge in [0.1, 0.15) is 23.6 Å². The summed E-state index contributed by atoms with van der Waals surface area (Å²) in [4.78, 5) is 29.6. The second-order valence-corrected chi connectivity index (χ2v) is 7.06. The zero-order valence-corrected chi connectivity index (χ0v) is 16.4.